The third-order valence-electron chi connectivity index (χ3n) is 4.17. The third-order valence-corrected chi connectivity index (χ3v) is 4.17. The minimum atomic E-state index is -0.758. The van der Waals surface area contributed by atoms with E-state index in [2.05, 4.69) is 5.32 Å². The second-order valence-electron chi connectivity index (χ2n) is 6.08. The predicted octanol–water partition coefficient (Wildman–Crippen LogP) is 1.71. The summed E-state index contributed by atoms with van der Waals surface area (Å²) in [6.45, 7) is 12.5. The van der Waals surface area contributed by atoms with Crippen molar-refractivity contribution in [1.29, 1.82) is 0 Å². The first kappa shape index (κ1) is 17.0. The number of amides is 2. The van der Waals surface area contributed by atoms with Crippen molar-refractivity contribution in [3.8, 4) is 0 Å². The van der Waals surface area contributed by atoms with Gasteiger partial charge in [0.2, 0.25) is 11.8 Å². The van der Waals surface area contributed by atoms with Crippen molar-refractivity contribution in [1.82, 2.24) is 10.2 Å². The molecule has 0 saturated carbocycles. The van der Waals surface area contributed by atoms with Crippen molar-refractivity contribution in [2.24, 2.45) is 0 Å². The van der Waals surface area contributed by atoms with E-state index in [-0.39, 0.29) is 11.8 Å². The van der Waals surface area contributed by atoms with Crippen molar-refractivity contribution in [2.75, 3.05) is 13.2 Å². The van der Waals surface area contributed by atoms with Crippen LogP contribution in [0.2, 0.25) is 0 Å². The quantitative estimate of drug-likeness (QED) is 0.808. The number of rotatable bonds is 6. The van der Waals surface area contributed by atoms with Crippen LogP contribution in [0.3, 0.4) is 0 Å². The van der Waals surface area contributed by atoms with Gasteiger partial charge in [0.1, 0.15) is 11.6 Å². The monoisotopic (exact) mass is 284 g/mol. The van der Waals surface area contributed by atoms with Crippen molar-refractivity contribution < 1.29 is 14.3 Å². The number of nitrogens with zero attached hydrogens (tertiary/aromatic N) is 1. The summed E-state index contributed by atoms with van der Waals surface area (Å²) in [4.78, 5) is 26.7. The number of carbonyl (C=O) groups is 2. The molecule has 5 nitrogen and oxygen atoms in total. The summed E-state index contributed by atoms with van der Waals surface area (Å²) < 4.78 is 5.67. The van der Waals surface area contributed by atoms with Gasteiger partial charge in [-0.3, -0.25) is 9.59 Å². The summed E-state index contributed by atoms with van der Waals surface area (Å²) in [7, 11) is 0. The first-order valence-electron chi connectivity index (χ1n) is 7.50. The van der Waals surface area contributed by atoms with Gasteiger partial charge in [-0.25, -0.2) is 0 Å². The Kier molecular flexibility index (Phi) is 5.19. The van der Waals surface area contributed by atoms with Crippen molar-refractivity contribution in [3.05, 3.63) is 0 Å². The fraction of sp³-hybridized carbons (Fsp3) is 0.867. The molecule has 1 N–H and O–H groups in total. The fourth-order valence-corrected chi connectivity index (χ4v) is 2.77. The molecule has 0 aromatic heterocycles. The molecule has 116 valence electrons. The summed E-state index contributed by atoms with van der Waals surface area (Å²) in [5.74, 6) is -0.0806. The maximum absolute atomic E-state index is 12.8. The lowest BCUT2D eigenvalue weighted by atomic mass is 9.86. The standard InChI is InChI=1S/C15H28N2O3/c1-7-15(8-2)13(19)17(11(4)12(18)16-15)10-14(5,6)20-9-3/h11H,7-10H2,1-6H3,(H,16,18). The maximum Gasteiger partial charge on any atom is 0.249 e. The highest BCUT2D eigenvalue weighted by molar-refractivity contribution is 5.99. The van der Waals surface area contributed by atoms with E-state index in [1.165, 1.54) is 0 Å². The van der Waals surface area contributed by atoms with E-state index in [4.69, 9.17) is 4.74 Å². The lowest BCUT2D eigenvalue weighted by Gasteiger charge is -2.46. The summed E-state index contributed by atoms with van der Waals surface area (Å²) in [5.41, 5.74) is -1.21. The minimum absolute atomic E-state index is 0.00220. The molecule has 2 amide bonds. The normalized spacial score (nSPS) is 22.9. The van der Waals surface area contributed by atoms with E-state index in [1.807, 2.05) is 34.6 Å². The Hall–Kier alpha value is -1.10. The summed E-state index contributed by atoms with van der Waals surface area (Å²) in [6, 6.07) is -0.451. The molecule has 0 radical (unpaired) electrons. The zero-order chi connectivity index (χ0) is 15.6. The zero-order valence-electron chi connectivity index (χ0n) is 13.6. The van der Waals surface area contributed by atoms with Crippen LogP contribution < -0.4 is 5.32 Å². The maximum atomic E-state index is 12.8. The third kappa shape index (κ3) is 3.14. The number of carbonyl (C=O) groups excluding carboxylic acids is 2. The topological polar surface area (TPSA) is 58.6 Å². The molecule has 20 heavy (non-hydrogen) atoms. The van der Waals surface area contributed by atoms with Gasteiger partial charge in [-0.15, -0.1) is 0 Å². The number of nitrogens with one attached hydrogen (secondary N) is 1. The molecule has 1 saturated heterocycles. The molecule has 1 heterocycles. The fourth-order valence-electron chi connectivity index (χ4n) is 2.77. The van der Waals surface area contributed by atoms with Crippen LogP contribution in [-0.2, 0) is 14.3 Å². The predicted molar refractivity (Wildman–Crippen MR) is 78.3 cm³/mol. The average Bonchev–Trinajstić information content (AvgIpc) is 2.39. The van der Waals surface area contributed by atoms with Crippen LogP contribution in [-0.4, -0.2) is 47.0 Å². The van der Waals surface area contributed by atoms with Gasteiger partial charge >= 0.3 is 0 Å². The Bertz CT molecular complexity index is 375. The van der Waals surface area contributed by atoms with Gasteiger partial charge in [-0.05, 0) is 40.5 Å². The van der Waals surface area contributed by atoms with Gasteiger partial charge in [0.05, 0.1) is 12.1 Å². The highest BCUT2D eigenvalue weighted by Gasteiger charge is 2.48. The number of hydrogen-bond donors (Lipinski definition) is 1. The van der Waals surface area contributed by atoms with Crippen LogP contribution in [0.1, 0.15) is 54.4 Å². The molecule has 1 fully saturated rings. The molecule has 0 aromatic rings. The molecule has 0 spiro atoms. The molecule has 1 atom stereocenters. The molecule has 1 unspecified atom stereocenters. The molecular formula is C15H28N2O3. The smallest absolute Gasteiger partial charge is 0.249 e. The zero-order valence-corrected chi connectivity index (χ0v) is 13.6. The van der Waals surface area contributed by atoms with Crippen molar-refractivity contribution in [2.45, 2.75) is 71.6 Å². The number of hydrogen-bond acceptors (Lipinski definition) is 3. The van der Waals surface area contributed by atoms with E-state index in [1.54, 1.807) is 11.8 Å². The molecule has 1 aliphatic heterocycles. The van der Waals surface area contributed by atoms with Gasteiger partial charge in [0, 0.05) is 6.61 Å². The van der Waals surface area contributed by atoms with Crippen LogP contribution in [0.15, 0.2) is 0 Å². The van der Waals surface area contributed by atoms with Gasteiger partial charge in [0.15, 0.2) is 0 Å². The van der Waals surface area contributed by atoms with Crippen LogP contribution in [0, 0.1) is 0 Å². The van der Waals surface area contributed by atoms with E-state index < -0.39 is 17.2 Å². The van der Waals surface area contributed by atoms with Crippen LogP contribution in [0.4, 0.5) is 0 Å². The van der Waals surface area contributed by atoms with E-state index in [0.717, 1.165) is 0 Å². The Morgan fingerprint density at radius 1 is 1.25 bits per heavy atom. The van der Waals surface area contributed by atoms with Crippen molar-refractivity contribution >= 4 is 11.8 Å². The Morgan fingerprint density at radius 2 is 1.80 bits per heavy atom. The second-order valence-corrected chi connectivity index (χ2v) is 6.08. The van der Waals surface area contributed by atoms with E-state index >= 15 is 0 Å². The Labute approximate surface area is 122 Å². The van der Waals surface area contributed by atoms with Crippen LogP contribution in [0.25, 0.3) is 0 Å². The molecule has 5 heteroatoms. The first-order valence-corrected chi connectivity index (χ1v) is 7.50. The summed E-state index contributed by atoms with van der Waals surface area (Å²) in [5, 5.41) is 2.91. The van der Waals surface area contributed by atoms with E-state index in [0.29, 0.717) is 26.0 Å². The summed E-state index contributed by atoms with van der Waals surface area (Å²) in [6.07, 6.45) is 1.21. The van der Waals surface area contributed by atoms with Gasteiger partial charge in [0.25, 0.3) is 0 Å². The van der Waals surface area contributed by atoms with Gasteiger partial charge in [-0.1, -0.05) is 13.8 Å². The first-order chi connectivity index (χ1) is 9.23. The van der Waals surface area contributed by atoms with Gasteiger partial charge < -0.3 is 15.0 Å². The SMILES string of the molecule is CCOC(C)(C)CN1C(=O)C(CC)(CC)NC(=O)C1C. The second kappa shape index (κ2) is 6.12. The minimum Gasteiger partial charge on any atom is -0.374 e. The van der Waals surface area contributed by atoms with Crippen molar-refractivity contribution in [3.63, 3.8) is 0 Å². The number of piperazine rings is 1. The summed E-state index contributed by atoms with van der Waals surface area (Å²) >= 11 is 0. The molecule has 0 bridgehead atoms. The van der Waals surface area contributed by atoms with Gasteiger partial charge in [-0.2, -0.15) is 0 Å². The van der Waals surface area contributed by atoms with Crippen LogP contribution >= 0.6 is 0 Å². The van der Waals surface area contributed by atoms with E-state index in [9.17, 15) is 9.59 Å². The lowest BCUT2D eigenvalue weighted by Crippen LogP contribution is -2.70. The molecule has 1 aliphatic rings. The Balaban J connectivity index is 3.03. The highest BCUT2D eigenvalue weighted by Crippen LogP contribution is 2.27. The Morgan fingerprint density at radius 3 is 2.25 bits per heavy atom. The average molecular weight is 284 g/mol. The van der Waals surface area contributed by atoms with Crippen LogP contribution in [0.5, 0.6) is 0 Å². The lowest BCUT2D eigenvalue weighted by molar-refractivity contribution is -0.159. The molecule has 0 aromatic carbocycles. The molecule has 0 aliphatic carbocycles. The largest absolute Gasteiger partial charge is 0.374 e. The number of ether oxygens (including phenoxy) is 1. The molecule has 1 rings (SSSR count). The molecular weight excluding hydrogens is 256 g/mol. The highest BCUT2D eigenvalue weighted by atomic mass is 16.5.